The lowest BCUT2D eigenvalue weighted by Gasteiger charge is -2.19. The van der Waals surface area contributed by atoms with Crippen molar-refractivity contribution in [2.24, 2.45) is 0 Å². The first kappa shape index (κ1) is 11.0. The molecular weight excluding hydrogens is 194 g/mol. The van der Waals surface area contributed by atoms with Gasteiger partial charge in [0.2, 0.25) is 0 Å². The highest BCUT2D eigenvalue weighted by atomic mass is 15.1. The van der Waals surface area contributed by atoms with Crippen LogP contribution in [0.5, 0.6) is 0 Å². The second-order valence-electron chi connectivity index (χ2n) is 4.77. The van der Waals surface area contributed by atoms with Crippen LogP contribution in [-0.2, 0) is 0 Å². The number of benzene rings is 2. The van der Waals surface area contributed by atoms with Gasteiger partial charge in [-0.2, -0.15) is 0 Å². The Kier molecular flexibility index (Phi) is 2.86. The molecule has 0 radical (unpaired) electrons. The van der Waals surface area contributed by atoms with E-state index in [1.54, 1.807) is 0 Å². The van der Waals surface area contributed by atoms with Crippen LogP contribution in [0.4, 0.5) is 5.69 Å². The molecule has 1 nitrogen and oxygen atoms in total. The molecule has 0 saturated heterocycles. The third-order valence-corrected chi connectivity index (χ3v) is 3.02. The van der Waals surface area contributed by atoms with E-state index in [1.807, 2.05) is 0 Å². The van der Waals surface area contributed by atoms with Gasteiger partial charge in [-0.1, -0.05) is 44.2 Å². The van der Waals surface area contributed by atoms with Gasteiger partial charge < -0.3 is 4.90 Å². The van der Waals surface area contributed by atoms with Gasteiger partial charge in [0, 0.05) is 25.2 Å². The maximum Gasteiger partial charge on any atom is 0.0443 e. The summed E-state index contributed by atoms with van der Waals surface area (Å²) in [5, 5.41) is 2.72. The lowest BCUT2D eigenvalue weighted by Crippen LogP contribution is -2.09. The van der Waals surface area contributed by atoms with E-state index in [-0.39, 0.29) is 0 Å². The van der Waals surface area contributed by atoms with Crippen LogP contribution in [0.2, 0.25) is 0 Å². The smallest absolute Gasteiger partial charge is 0.0443 e. The first-order valence-corrected chi connectivity index (χ1v) is 5.80. The zero-order valence-corrected chi connectivity index (χ0v) is 10.5. The van der Waals surface area contributed by atoms with Crippen molar-refractivity contribution in [3.63, 3.8) is 0 Å². The van der Waals surface area contributed by atoms with Crippen LogP contribution in [0.1, 0.15) is 25.3 Å². The second-order valence-corrected chi connectivity index (χ2v) is 4.77. The highest BCUT2D eigenvalue weighted by Gasteiger charge is 2.09. The van der Waals surface area contributed by atoms with E-state index in [9.17, 15) is 0 Å². The standard InChI is InChI=1S/C15H19N/c1-11(2)13-9-5-7-12-8-6-10-14(15(12)13)16(3)4/h5-11H,1-4H3. The molecule has 0 atom stereocenters. The van der Waals surface area contributed by atoms with Gasteiger partial charge in [-0.05, 0) is 22.9 Å². The average Bonchev–Trinajstić information content (AvgIpc) is 2.27. The second kappa shape index (κ2) is 4.17. The summed E-state index contributed by atoms with van der Waals surface area (Å²) in [6.45, 7) is 4.50. The van der Waals surface area contributed by atoms with Crippen molar-refractivity contribution in [1.29, 1.82) is 0 Å². The molecule has 1 heteroatoms. The summed E-state index contributed by atoms with van der Waals surface area (Å²) in [5.41, 5.74) is 2.74. The van der Waals surface area contributed by atoms with Gasteiger partial charge in [-0.25, -0.2) is 0 Å². The lowest BCUT2D eigenvalue weighted by atomic mass is 9.95. The van der Waals surface area contributed by atoms with Crippen molar-refractivity contribution in [3.8, 4) is 0 Å². The molecule has 16 heavy (non-hydrogen) atoms. The SMILES string of the molecule is CC(C)c1cccc2cccc(N(C)C)c12. The molecule has 0 bridgehead atoms. The molecule has 0 aliphatic heterocycles. The zero-order chi connectivity index (χ0) is 11.7. The molecule has 0 amide bonds. The van der Waals surface area contributed by atoms with Crippen LogP contribution in [0.15, 0.2) is 36.4 Å². The Hall–Kier alpha value is -1.50. The van der Waals surface area contributed by atoms with E-state index in [1.165, 1.54) is 22.0 Å². The van der Waals surface area contributed by atoms with Crippen LogP contribution in [-0.4, -0.2) is 14.1 Å². The van der Waals surface area contributed by atoms with Gasteiger partial charge in [-0.3, -0.25) is 0 Å². The molecule has 0 N–H and O–H groups in total. The molecule has 2 rings (SSSR count). The van der Waals surface area contributed by atoms with E-state index in [4.69, 9.17) is 0 Å². The topological polar surface area (TPSA) is 3.24 Å². The van der Waals surface area contributed by atoms with Crippen molar-refractivity contribution < 1.29 is 0 Å². The fourth-order valence-electron chi connectivity index (χ4n) is 2.20. The zero-order valence-electron chi connectivity index (χ0n) is 10.5. The van der Waals surface area contributed by atoms with Gasteiger partial charge in [-0.15, -0.1) is 0 Å². The van der Waals surface area contributed by atoms with E-state index in [0.717, 1.165) is 0 Å². The van der Waals surface area contributed by atoms with E-state index >= 15 is 0 Å². The Bertz CT molecular complexity index is 455. The fraction of sp³-hybridized carbons (Fsp3) is 0.333. The minimum absolute atomic E-state index is 0.560. The van der Waals surface area contributed by atoms with Crippen LogP contribution < -0.4 is 4.90 Å². The number of nitrogens with zero attached hydrogens (tertiary/aromatic N) is 1. The van der Waals surface area contributed by atoms with Crippen LogP contribution >= 0.6 is 0 Å². The molecule has 0 saturated carbocycles. The van der Waals surface area contributed by atoms with Gasteiger partial charge in [0.1, 0.15) is 0 Å². The monoisotopic (exact) mass is 213 g/mol. The first-order valence-electron chi connectivity index (χ1n) is 5.80. The summed E-state index contributed by atoms with van der Waals surface area (Å²) in [5.74, 6) is 0.560. The molecule has 0 aliphatic rings. The number of fused-ring (bicyclic) bond motifs is 1. The van der Waals surface area contributed by atoms with Crippen LogP contribution in [0.3, 0.4) is 0 Å². The Labute approximate surface area is 97.7 Å². The van der Waals surface area contributed by atoms with Gasteiger partial charge in [0.15, 0.2) is 0 Å². The van der Waals surface area contributed by atoms with Crippen molar-refractivity contribution in [1.82, 2.24) is 0 Å². The van der Waals surface area contributed by atoms with Crippen molar-refractivity contribution in [2.75, 3.05) is 19.0 Å². The molecule has 0 aromatic heterocycles. The molecule has 0 fully saturated rings. The molecule has 2 aromatic carbocycles. The molecular formula is C15H19N. The third kappa shape index (κ3) is 1.78. The van der Waals surface area contributed by atoms with Gasteiger partial charge >= 0.3 is 0 Å². The number of hydrogen-bond donors (Lipinski definition) is 0. The minimum Gasteiger partial charge on any atom is -0.377 e. The number of anilines is 1. The maximum atomic E-state index is 2.25. The molecule has 0 aliphatic carbocycles. The molecule has 0 heterocycles. The van der Waals surface area contributed by atoms with Crippen LogP contribution in [0, 0.1) is 0 Å². The molecule has 0 spiro atoms. The van der Waals surface area contributed by atoms with Crippen LogP contribution in [0.25, 0.3) is 10.8 Å². The van der Waals surface area contributed by atoms with E-state index in [0.29, 0.717) is 5.92 Å². The summed E-state index contributed by atoms with van der Waals surface area (Å²) in [6, 6.07) is 13.1. The van der Waals surface area contributed by atoms with Crippen molar-refractivity contribution >= 4 is 16.5 Å². The summed E-state index contributed by atoms with van der Waals surface area (Å²) < 4.78 is 0. The quantitative estimate of drug-likeness (QED) is 0.728. The Morgan fingerprint density at radius 1 is 0.938 bits per heavy atom. The molecule has 0 unspecified atom stereocenters. The lowest BCUT2D eigenvalue weighted by molar-refractivity contribution is 0.876. The first-order chi connectivity index (χ1) is 7.61. The predicted molar refractivity (Wildman–Crippen MR) is 72.4 cm³/mol. The summed E-state index contributed by atoms with van der Waals surface area (Å²) in [7, 11) is 4.21. The number of hydrogen-bond acceptors (Lipinski definition) is 1. The highest BCUT2D eigenvalue weighted by Crippen LogP contribution is 2.32. The normalized spacial score (nSPS) is 11.1. The number of rotatable bonds is 2. The molecule has 84 valence electrons. The van der Waals surface area contributed by atoms with E-state index < -0.39 is 0 Å². The molecule has 2 aromatic rings. The summed E-state index contributed by atoms with van der Waals surface area (Å²) in [6.07, 6.45) is 0. The van der Waals surface area contributed by atoms with Crippen molar-refractivity contribution in [2.45, 2.75) is 19.8 Å². The van der Waals surface area contributed by atoms with Gasteiger partial charge in [0.05, 0.1) is 0 Å². The highest BCUT2D eigenvalue weighted by molar-refractivity contribution is 5.97. The minimum atomic E-state index is 0.560. The third-order valence-electron chi connectivity index (χ3n) is 3.02. The Morgan fingerprint density at radius 2 is 1.56 bits per heavy atom. The Balaban J connectivity index is 2.82. The fourth-order valence-corrected chi connectivity index (χ4v) is 2.20. The van der Waals surface area contributed by atoms with E-state index in [2.05, 4.69) is 69.2 Å². The predicted octanol–water partition coefficient (Wildman–Crippen LogP) is 4.03. The maximum absolute atomic E-state index is 2.25. The summed E-state index contributed by atoms with van der Waals surface area (Å²) >= 11 is 0. The average molecular weight is 213 g/mol. The largest absolute Gasteiger partial charge is 0.377 e. The van der Waals surface area contributed by atoms with Gasteiger partial charge in [0.25, 0.3) is 0 Å². The summed E-state index contributed by atoms with van der Waals surface area (Å²) in [4.78, 5) is 2.19. The Morgan fingerprint density at radius 3 is 2.12 bits per heavy atom. The van der Waals surface area contributed by atoms with Crippen molar-refractivity contribution in [3.05, 3.63) is 42.0 Å².